The summed E-state index contributed by atoms with van der Waals surface area (Å²) in [6.07, 6.45) is 0.561. The van der Waals surface area contributed by atoms with Gasteiger partial charge in [-0.05, 0) is 12.1 Å². The Morgan fingerprint density at radius 3 is 3.00 bits per heavy atom. The molecule has 5 heteroatoms. The Bertz CT molecular complexity index is 453. The number of rotatable bonds is 3. The molecule has 0 fully saturated rings. The van der Waals surface area contributed by atoms with Crippen LogP contribution in [0.3, 0.4) is 0 Å². The fraction of sp³-hybridized carbons (Fsp3) is 0.200. The fourth-order valence-corrected chi connectivity index (χ4v) is 1.24. The number of aromatic hydroxyl groups is 1. The maximum absolute atomic E-state index is 9.28. The van der Waals surface area contributed by atoms with Gasteiger partial charge in [0.2, 0.25) is 11.7 Å². The van der Waals surface area contributed by atoms with Crippen molar-refractivity contribution >= 4 is 0 Å². The van der Waals surface area contributed by atoms with Crippen LogP contribution in [0.25, 0.3) is 11.4 Å². The molecule has 0 saturated heterocycles. The summed E-state index contributed by atoms with van der Waals surface area (Å²) in [5.41, 5.74) is 6.09. The predicted octanol–water partition coefficient (Wildman–Crippen LogP) is 0.943. The maximum Gasteiger partial charge on any atom is 0.228 e. The van der Waals surface area contributed by atoms with E-state index in [9.17, 15) is 5.11 Å². The summed E-state index contributed by atoms with van der Waals surface area (Å²) in [6, 6.07) is 6.70. The Hall–Kier alpha value is -1.88. The summed E-state index contributed by atoms with van der Waals surface area (Å²) in [5, 5.41) is 13.1. The molecule has 0 aliphatic carbocycles. The van der Waals surface area contributed by atoms with Gasteiger partial charge in [0.1, 0.15) is 5.75 Å². The first kappa shape index (κ1) is 9.67. The summed E-state index contributed by atoms with van der Waals surface area (Å²) in [4.78, 5) is 4.14. The lowest BCUT2D eigenvalue weighted by Gasteiger charge is -1.94. The molecule has 0 saturated carbocycles. The van der Waals surface area contributed by atoms with Crippen molar-refractivity contribution in [1.82, 2.24) is 10.1 Å². The van der Waals surface area contributed by atoms with Crippen molar-refractivity contribution in [1.29, 1.82) is 0 Å². The third kappa shape index (κ3) is 2.13. The molecular formula is C10H11N3O2. The largest absolute Gasteiger partial charge is 0.508 e. The minimum Gasteiger partial charge on any atom is -0.508 e. The number of hydrogen-bond donors (Lipinski definition) is 2. The first-order chi connectivity index (χ1) is 7.29. The normalized spacial score (nSPS) is 10.5. The van der Waals surface area contributed by atoms with E-state index >= 15 is 0 Å². The van der Waals surface area contributed by atoms with Gasteiger partial charge < -0.3 is 15.4 Å². The van der Waals surface area contributed by atoms with Crippen molar-refractivity contribution in [3.63, 3.8) is 0 Å². The van der Waals surface area contributed by atoms with Crippen LogP contribution in [-0.2, 0) is 6.42 Å². The Labute approximate surface area is 86.5 Å². The second-order valence-electron chi connectivity index (χ2n) is 3.10. The van der Waals surface area contributed by atoms with Gasteiger partial charge in [-0.25, -0.2) is 0 Å². The number of nitrogens with two attached hydrogens (primary N) is 1. The van der Waals surface area contributed by atoms with Gasteiger partial charge >= 0.3 is 0 Å². The molecule has 0 bridgehead atoms. The highest BCUT2D eigenvalue weighted by atomic mass is 16.5. The van der Waals surface area contributed by atoms with Crippen LogP contribution < -0.4 is 5.73 Å². The standard InChI is InChI=1S/C10H11N3O2/c11-5-4-9-12-10(13-15-9)7-2-1-3-8(14)6-7/h1-3,6,14H,4-5,11H2. The second-order valence-corrected chi connectivity index (χ2v) is 3.10. The molecule has 3 N–H and O–H groups in total. The van der Waals surface area contributed by atoms with Gasteiger partial charge in [-0.3, -0.25) is 0 Å². The molecule has 2 aromatic rings. The van der Waals surface area contributed by atoms with Gasteiger partial charge in [0.05, 0.1) is 0 Å². The van der Waals surface area contributed by atoms with E-state index in [0.717, 1.165) is 5.56 Å². The molecule has 0 unspecified atom stereocenters. The highest BCUT2D eigenvalue weighted by Gasteiger charge is 2.07. The second kappa shape index (κ2) is 4.10. The summed E-state index contributed by atoms with van der Waals surface area (Å²) in [7, 11) is 0. The van der Waals surface area contributed by atoms with E-state index in [0.29, 0.717) is 24.7 Å². The SMILES string of the molecule is NCCc1nc(-c2cccc(O)c2)no1. The highest BCUT2D eigenvalue weighted by molar-refractivity contribution is 5.56. The first-order valence-electron chi connectivity index (χ1n) is 4.61. The van der Waals surface area contributed by atoms with Crippen LogP contribution in [0.1, 0.15) is 5.89 Å². The predicted molar refractivity (Wildman–Crippen MR) is 54.2 cm³/mol. The first-order valence-corrected chi connectivity index (χ1v) is 4.61. The van der Waals surface area contributed by atoms with Gasteiger partial charge in [0.15, 0.2) is 0 Å². The molecule has 1 heterocycles. The summed E-state index contributed by atoms with van der Waals surface area (Å²) < 4.78 is 4.98. The van der Waals surface area contributed by atoms with Gasteiger partial charge in [-0.15, -0.1) is 0 Å². The molecular weight excluding hydrogens is 194 g/mol. The van der Waals surface area contributed by atoms with E-state index in [2.05, 4.69) is 10.1 Å². The van der Waals surface area contributed by atoms with Gasteiger partial charge in [-0.2, -0.15) is 4.98 Å². The molecule has 0 spiro atoms. The smallest absolute Gasteiger partial charge is 0.228 e. The van der Waals surface area contributed by atoms with E-state index in [-0.39, 0.29) is 5.75 Å². The van der Waals surface area contributed by atoms with Crippen LogP contribution >= 0.6 is 0 Å². The third-order valence-electron chi connectivity index (χ3n) is 1.93. The van der Waals surface area contributed by atoms with Crippen LogP contribution in [-0.4, -0.2) is 21.8 Å². The minimum atomic E-state index is 0.178. The third-order valence-corrected chi connectivity index (χ3v) is 1.93. The van der Waals surface area contributed by atoms with Crippen LogP contribution in [0.2, 0.25) is 0 Å². The van der Waals surface area contributed by atoms with Crippen molar-refractivity contribution in [2.75, 3.05) is 6.54 Å². The Balaban J connectivity index is 2.29. The Morgan fingerprint density at radius 1 is 1.40 bits per heavy atom. The van der Waals surface area contributed by atoms with Crippen molar-refractivity contribution in [2.24, 2.45) is 5.73 Å². The van der Waals surface area contributed by atoms with E-state index in [1.54, 1.807) is 24.3 Å². The number of nitrogens with zero attached hydrogens (tertiary/aromatic N) is 2. The molecule has 0 atom stereocenters. The number of aromatic nitrogens is 2. The lowest BCUT2D eigenvalue weighted by molar-refractivity contribution is 0.380. The van der Waals surface area contributed by atoms with E-state index in [1.165, 1.54) is 0 Å². The van der Waals surface area contributed by atoms with Crippen molar-refractivity contribution < 1.29 is 9.63 Å². The monoisotopic (exact) mass is 205 g/mol. The number of phenols is 1. The van der Waals surface area contributed by atoms with Crippen LogP contribution in [0, 0.1) is 0 Å². The molecule has 1 aromatic heterocycles. The molecule has 0 amide bonds. The van der Waals surface area contributed by atoms with Crippen molar-refractivity contribution in [3.05, 3.63) is 30.2 Å². The van der Waals surface area contributed by atoms with E-state index in [4.69, 9.17) is 10.3 Å². The molecule has 0 aliphatic heterocycles. The van der Waals surface area contributed by atoms with Gasteiger partial charge in [0, 0.05) is 18.5 Å². The molecule has 78 valence electrons. The van der Waals surface area contributed by atoms with Gasteiger partial charge in [-0.1, -0.05) is 17.3 Å². The molecule has 0 aliphatic rings. The fourth-order valence-electron chi connectivity index (χ4n) is 1.24. The quantitative estimate of drug-likeness (QED) is 0.779. The van der Waals surface area contributed by atoms with E-state index in [1.807, 2.05) is 0 Å². The Kier molecular flexibility index (Phi) is 2.64. The Morgan fingerprint density at radius 2 is 2.27 bits per heavy atom. The lowest BCUT2D eigenvalue weighted by Crippen LogP contribution is -2.02. The zero-order valence-corrected chi connectivity index (χ0v) is 8.05. The topological polar surface area (TPSA) is 85.2 Å². The lowest BCUT2D eigenvalue weighted by atomic mass is 10.2. The van der Waals surface area contributed by atoms with Crippen LogP contribution in [0.15, 0.2) is 28.8 Å². The minimum absolute atomic E-state index is 0.178. The average Bonchev–Trinajstić information content (AvgIpc) is 2.67. The molecule has 1 aromatic carbocycles. The summed E-state index contributed by atoms with van der Waals surface area (Å²) in [5.74, 6) is 1.16. The summed E-state index contributed by atoms with van der Waals surface area (Å²) in [6.45, 7) is 0.474. The molecule has 15 heavy (non-hydrogen) atoms. The average molecular weight is 205 g/mol. The summed E-state index contributed by atoms with van der Waals surface area (Å²) >= 11 is 0. The number of hydrogen-bond acceptors (Lipinski definition) is 5. The maximum atomic E-state index is 9.28. The zero-order chi connectivity index (χ0) is 10.7. The molecule has 5 nitrogen and oxygen atoms in total. The highest BCUT2D eigenvalue weighted by Crippen LogP contribution is 2.20. The van der Waals surface area contributed by atoms with Crippen LogP contribution in [0.5, 0.6) is 5.75 Å². The van der Waals surface area contributed by atoms with Crippen LogP contribution in [0.4, 0.5) is 0 Å². The molecule has 2 rings (SSSR count). The van der Waals surface area contributed by atoms with Crippen molar-refractivity contribution in [2.45, 2.75) is 6.42 Å². The number of phenolic OH excluding ortho intramolecular Hbond substituents is 1. The number of benzene rings is 1. The molecule has 0 radical (unpaired) electrons. The zero-order valence-electron chi connectivity index (χ0n) is 8.05. The van der Waals surface area contributed by atoms with E-state index < -0.39 is 0 Å². The van der Waals surface area contributed by atoms with Gasteiger partial charge in [0.25, 0.3) is 0 Å². The van der Waals surface area contributed by atoms with Crippen molar-refractivity contribution in [3.8, 4) is 17.1 Å².